The van der Waals surface area contributed by atoms with Gasteiger partial charge in [-0.3, -0.25) is 4.99 Å². The Labute approximate surface area is 89.7 Å². The maximum Gasteiger partial charge on any atom is 0.0828 e. The standard InChI is InChI=1S/C13H14N2/c1-2-4-12-6-10(5-11(12)3-1)7-13-8-14-9-15-13/h1-5,9,13H,6-8H2,(H,14,15). The van der Waals surface area contributed by atoms with Gasteiger partial charge in [0.05, 0.1) is 12.4 Å². The van der Waals surface area contributed by atoms with E-state index >= 15 is 0 Å². The van der Waals surface area contributed by atoms with E-state index in [1.165, 1.54) is 16.7 Å². The summed E-state index contributed by atoms with van der Waals surface area (Å²) in [5.74, 6) is 0. The molecule has 0 fully saturated rings. The summed E-state index contributed by atoms with van der Waals surface area (Å²) < 4.78 is 0. The Kier molecular flexibility index (Phi) is 2.05. The second-order valence-electron chi connectivity index (χ2n) is 4.22. The lowest BCUT2D eigenvalue weighted by atomic mass is 10.0. The fourth-order valence-corrected chi connectivity index (χ4v) is 2.31. The molecule has 2 heteroatoms. The van der Waals surface area contributed by atoms with Crippen molar-refractivity contribution in [2.75, 3.05) is 6.54 Å². The van der Waals surface area contributed by atoms with E-state index < -0.39 is 0 Å². The highest BCUT2D eigenvalue weighted by molar-refractivity contribution is 5.64. The predicted molar refractivity (Wildman–Crippen MR) is 63.0 cm³/mol. The third-order valence-corrected chi connectivity index (χ3v) is 3.06. The van der Waals surface area contributed by atoms with Gasteiger partial charge in [0.1, 0.15) is 0 Å². The van der Waals surface area contributed by atoms with Crippen molar-refractivity contribution in [2.45, 2.75) is 18.9 Å². The van der Waals surface area contributed by atoms with Crippen LogP contribution < -0.4 is 5.32 Å². The van der Waals surface area contributed by atoms with Gasteiger partial charge in [-0.15, -0.1) is 0 Å². The van der Waals surface area contributed by atoms with Crippen LogP contribution in [-0.4, -0.2) is 18.9 Å². The number of aliphatic imine (C=N–C) groups is 1. The summed E-state index contributed by atoms with van der Waals surface area (Å²) in [6.07, 6.45) is 6.36. The van der Waals surface area contributed by atoms with Crippen molar-refractivity contribution >= 4 is 12.4 Å². The topological polar surface area (TPSA) is 24.4 Å². The quantitative estimate of drug-likeness (QED) is 0.772. The summed E-state index contributed by atoms with van der Waals surface area (Å²) in [6, 6.07) is 9.08. The Morgan fingerprint density at radius 3 is 3.07 bits per heavy atom. The number of benzene rings is 1. The molecule has 0 radical (unpaired) electrons. The minimum absolute atomic E-state index is 0.450. The van der Waals surface area contributed by atoms with Crippen molar-refractivity contribution in [3.05, 3.63) is 41.0 Å². The van der Waals surface area contributed by atoms with E-state index in [4.69, 9.17) is 0 Å². The molecule has 1 N–H and O–H groups in total. The number of nitrogens with zero attached hydrogens (tertiary/aromatic N) is 1. The van der Waals surface area contributed by atoms with Crippen LogP contribution in [0.2, 0.25) is 0 Å². The minimum Gasteiger partial charge on any atom is -0.374 e. The van der Waals surface area contributed by atoms with Crippen molar-refractivity contribution in [1.29, 1.82) is 0 Å². The van der Waals surface area contributed by atoms with E-state index in [9.17, 15) is 0 Å². The van der Waals surface area contributed by atoms with Crippen LogP contribution in [-0.2, 0) is 6.42 Å². The fraction of sp³-hybridized carbons (Fsp3) is 0.308. The van der Waals surface area contributed by atoms with Gasteiger partial charge in [-0.2, -0.15) is 0 Å². The van der Waals surface area contributed by atoms with E-state index in [1.54, 1.807) is 0 Å². The van der Waals surface area contributed by atoms with E-state index in [1.807, 2.05) is 6.34 Å². The van der Waals surface area contributed by atoms with Crippen LogP contribution >= 0.6 is 0 Å². The third-order valence-electron chi connectivity index (χ3n) is 3.06. The highest BCUT2D eigenvalue weighted by atomic mass is 15.0. The van der Waals surface area contributed by atoms with Crippen LogP contribution in [0.4, 0.5) is 0 Å². The molecule has 1 heterocycles. The molecule has 0 spiro atoms. The number of hydrogen-bond acceptors (Lipinski definition) is 2. The first-order valence-corrected chi connectivity index (χ1v) is 5.44. The van der Waals surface area contributed by atoms with Crippen LogP contribution in [0.15, 0.2) is 34.8 Å². The summed E-state index contributed by atoms with van der Waals surface area (Å²) in [5, 5.41) is 3.15. The van der Waals surface area contributed by atoms with Gasteiger partial charge in [-0.1, -0.05) is 35.9 Å². The molecule has 3 rings (SSSR count). The SMILES string of the molecule is C1=NC(CC2=Cc3ccccc3C2)CN1. The second kappa shape index (κ2) is 3.54. The normalized spacial score (nSPS) is 22.4. The Bertz CT molecular complexity index is 432. The molecule has 1 aliphatic carbocycles. The van der Waals surface area contributed by atoms with Crippen molar-refractivity contribution < 1.29 is 0 Å². The van der Waals surface area contributed by atoms with Gasteiger partial charge in [0, 0.05) is 6.54 Å². The lowest BCUT2D eigenvalue weighted by Crippen LogP contribution is -2.15. The molecule has 1 unspecified atom stereocenters. The molecule has 2 aliphatic rings. The second-order valence-corrected chi connectivity index (χ2v) is 4.22. The van der Waals surface area contributed by atoms with Crippen LogP contribution in [0.3, 0.4) is 0 Å². The number of nitrogens with one attached hydrogen (secondary N) is 1. The zero-order chi connectivity index (χ0) is 10.1. The van der Waals surface area contributed by atoms with Gasteiger partial charge >= 0.3 is 0 Å². The highest BCUT2D eigenvalue weighted by Crippen LogP contribution is 2.27. The minimum atomic E-state index is 0.450. The molecule has 1 aromatic carbocycles. The Morgan fingerprint density at radius 1 is 1.33 bits per heavy atom. The molecular weight excluding hydrogens is 184 g/mol. The van der Waals surface area contributed by atoms with Gasteiger partial charge in [-0.05, 0) is 24.0 Å². The van der Waals surface area contributed by atoms with E-state index in [0.29, 0.717) is 6.04 Å². The molecule has 0 bridgehead atoms. The highest BCUT2D eigenvalue weighted by Gasteiger charge is 2.17. The number of hydrogen-bond donors (Lipinski definition) is 1. The lowest BCUT2D eigenvalue weighted by Gasteiger charge is -2.06. The molecule has 0 saturated heterocycles. The molecule has 15 heavy (non-hydrogen) atoms. The van der Waals surface area contributed by atoms with Gasteiger partial charge in [0.2, 0.25) is 0 Å². The van der Waals surface area contributed by atoms with Crippen molar-refractivity contribution in [3.8, 4) is 0 Å². The molecule has 1 atom stereocenters. The molecule has 1 aromatic rings. The Balaban J connectivity index is 1.74. The van der Waals surface area contributed by atoms with Gasteiger partial charge in [0.25, 0.3) is 0 Å². The molecule has 1 aliphatic heterocycles. The number of fused-ring (bicyclic) bond motifs is 1. The third kappa shape index (κ3) is 1.67. The zero-order valence-electron chi connectivity index (χ0n) is 8.61. The van der Waals surface area contributed by atoms with Crippen molar-refractivity contribution in [3.63, 3.8) is 0 Å². The van der Waals surface area contributed by atoms with Gasteiger partial charge < -0.3 is 5.32 Å². The molecular formula is C13H14N2. The van der Waals surface area contributed by atoms with E-state index in [-0.39, 0.29) is 0 Å². The van der Waals surface area contributed by atoms with E-state index in [2.05, 4.69) is 40.7 Å². The molecule has 2 nitrogen and oxygen atoms in total. The fourth-order valence-electron chi connectivity index (χ4n) is 2.31. The predicted octanol–water partition coefficient (Wildman–Crippen LogP) is 2.02. The Morgan fingerprint density at radius 2 is 2.27 bits per heavy atom. The maximum atomic E-state index is 4.39. The lowest BCUT2D eigenvalue weighted by molar-refractivity contribution is 0.683. The van der Waals surface area contributed by atoms with Gasteiger partial charge in [-0.25, -0.2) is 0 Å². The maximum absolute atomic E-state index is 4.39. The molecule has 0 saturated carbocycles. The van der Waals surface area contributed by atoms with Crippen LogP contribution in [0, 0.1) is 0 Å². The number of rotatable bonds is 2. The summed E-state index contributed by atoms with van der Waals surface area (Å²) >= 11 is 0. The van der Waals surface area contributed by atoms with Gasteiger partial charge in [0.15, 0.2) is 0 Å². The van der Waals surface area contributed by atoms with Crippen molar-refractivity contribution in [2.24, 2.45) is 4.99 Å². The smallest absolute Gasteiger partial charge is 0.0828 e. The summed E-state index contributed by atoms with van der Waals surface area (Å²) in [5.41, 5.74) is 4.37. The first-order valence-electron chi connectivity index (χ1n) is 5.44. The van der Waals surface area contributed by atoms with Crippen LogP contribution in [0.25, 0.3) is 6.08 Å². The van der Waals surface area contributed by atoms with Crippen LogP contribution in [0.5, 0.6) is 0 Å². The van der Waals surface area contributed by atoms with E-state index in [0.717, 1.165) is 19.4 Å². The molecule has 0 amide bonds. The zero-order valence-corrected chi connectivity index (χ0v) is 8.61. The Hall–Kier alpha value is -1.57. The average molecular weight is 198 g/mol. The first kappa shape index (κ1) is 8.72. The average Bonchev–Trinajstić information content (AvgIpc) is 2.86. The van der Waals surface area contributed by atoms with Crippen LogP contribution in [0.1, 0.15) is 17.5 Å². The summed E-state index contributed by atoms with van der Waals surface area (Å²) in [7, 11) is 0. The largest absolute Gasteiger partial charge is 0.374 e. The summed E-state index contributed by atoms with van der Waals surface area (Å²) in [4.78, 5) is 4.39. The summed E-state index contributed by atoms with van der Waals surface area (Å²) in [6.45, 7) is 0.994. The first-order chi connectivity index (χ1) is 7.42. The molecule has 76 valence electrons. The monoisotopic (exact) mass is 198 g/mol. The van der Waals surface area contributed by atoms with Crippen molar-refractivity contribution in [1.82, 2.24) is 5.32 Å². The molecule has 0 aromatic heterocycles.